The number of nitrogens with one attached hydrogen (secondary N) is 1. The van der Waals surface area contributed by atoms with Crippen LogP contribution in [-0.2, 0) is 20.1 Å². The van der Waals surface area contributed by atoms with Gasteiger partial charge in [0.2, 0.25) is 5.91 Å². The van der Waals surface area contributed by atoms with E-state index in [4.69, 9.17) is 20.3 Å². The van der Waals surface area contributed by atoms with Crippen LogP contribution in [-0.4, -0.2) is 27.8 Å². The monoisotopic (exact) mass is 434 g/mol. The second-order valence-electron chi connectivity index (χ2n) is 6.29. The van der Waals surface area contributed by atoms with Crippen molar-refractivity contribution >= 4 is 19.4 Å². The molecule has 1 atom stereocenters. The summed E-state index contributed by atoms with van der Waals surface area (Å²) in [4.78, 5) is 29.5. The van der Waals surface area contributed by atoms with Crippen molar-refractivity contribution in [1.82, 2.24) is 0 Å². The average molecular weight is 434 g/mol. The molecule has 0 saturated heterocycles. The molecule has 0 fully saturated rings. The van der Waals surface area contributed by atoms with Crippen molar-refractivity contribution in [3.63, 3.8) is 0 Å². The van der Waals surface area contributed by atoms with Gasteiger partial charge in [-0.15, -0.1) is 0 Å². The number of rotatable bonds is 7. The molecule has 5 N–H and O–H groups in total. The topological polar surface area (TPSA) is 131 Å². The highest BCUT2D eigenvalue weighted by atomic mass is 31.2. The Morgan fingerprint density at radius 1 is 1.14 bits per heavy atom. The van der Waals surface area contributed by atoms with Gasteiger partial charge in [0.05, 0.1) is 12.2 Å². The molecule has 0 aliphatic rings. The fourth-order valence-electron chi connectivity index (χ4n) is 2.04. The number of carbonyl (C=O) groups excluding carboxylic acids is 1. The smallest absolute Gasteiger partial charge is 0.457 e. The van der Waals surface area contributed by atoms with Crippen LogP contribution in [0, 0.1) is 0 Å². The van der Waals surface area contributed by atoms with Gasteiger partial charge in [-0.2, -0.15) is 13.2 Å². The van der Waals surface area contributed by atoms with Crippen LogP contribution in [0.4, 0.5) is 18.9 Å². The van der Waals surface area contributed by atoms with Gasteiger partial charge < -0.3 is 25.6 Å². The second kappa shape index (κ2) is 8.52. The van der Waals surface area contributed by atoms with Crippen molar-refractivity contribution in [2.45, 2.75) is 18.6 Å². The molecular formula is C17H18F3N2O6P. The fraction of sp³-hybridized carbons (Fsp3) is 0.235. The van der Waals surface area contributed by atoms with E-state index in [-0.39, 0.29) is 17.2 Å². The van der Waals surface area contributed by atoms with Gasteiger partial charge in [0.25, 0.3) is 0 Å². The van der Waals surface area contributed by atoms with E-state index in [1.165, 1.54) is 43.3 Å². The highest BCUT2D eigenvalue weighted by Crippen LogP contribution is 2.36. The molecule has 2 aromatic carbocycles. The predicted octanol–water partition coefficient (Wildman–Crippen LogP) is 3.26. The summed E-state index contributed by atoms with van der Waals surface area (Å²) in [6, 6.07) is 10.0. The summed E-state index contributed by atoms with van der Waals surface area (Å²) < 4.78 is 58.6. The van der Waals surface area contributed by atoms with E-state index in [1.54, 1.807) is 0 Å². The number of phosphoric ester groups is 1. The van der Waals surface area contributed by atoms with Crippen molar-refractivity contribution in [2.24, 2.45) is 5.73 Å². The Labute approximate surface area is 163 Å². The van der Waals surface area contributed by atoms with E-state index in [0.717, 1.165) is 12.1 Å². The molecule has 2 rings (SSSR count). The molecule has 0 bridgehead atoms. The maximum atomic E-state index is 12.7. The van der Waals surface area contributed by atoms with Crippen LogP contribution < -0.4 is 15.8 Å². The summed E-state index contributed by atoms with van der Waals surface area (Å²) in [5.41, 5.74) is 3.40. The molecule has 29 heavy (non-hydrogen) atoms. The molecule has 8 nitrogen and oxygen atoms in total. The summed E-state index contributed by atoms with van der Waals surface area (Å²) in [6.45, 7) is 0.503. The number of carbonyl (C=O) groups is 1. The lowest BCUT2D eigenvalue weighted by molar-refractivity contribution is -0.137. The van der Waals surface area contributed by atoms with Gasteiger partial charge in [-0.05, 0) is 49.4 Å². The van der Waals surface area contributed by atoms with Crippen LogP contribution in [0.15, 0.2) is 48.5 Å². The van der Waals surface area contributed by atoms with E-state index in [9.17, 15) is 22.5 Å². The normalized spacial score (nSPS) is 14.2. The first kappa shape index (κ1) is 22.9. The third-order valence-electron chi connectivity index (χ3n) is 3.56. The maximum Gasteiger partial charge on any atom is 0.469 e. The molecule has 0 aromatic heterocycles. The van der Waals surface area contributed by atoms with Crippen molar-refractivity contribution in [3.05, 3.63) is 54.1 Å². The molecular weight excluding hydrogens is 416 g/mol. The third kappa shape index (κ3) is 7.15. The van der Waals surface area contributed by atoms with E-state index >= 15 is 0 Å². The Balaban J connectivity index is 2.02. The van der Waals surface area contributed by atoms with Crippen LogP contribution in [0.1, 0.15) is 12.5 Å². The van der Waals surface area contributed by atoms with Crippen molar-refractivity contribution in [1.29, 1.82) is 0 Å². The highest BCUT2D eigenvalue weighted by molar-refractivity contribution is 7.46. The molecule has 0 aliphatic heterocycles. The number of benzene rings is 2. The van der Waals surface area contributed by atoms with Crippen molar-refractivity contribution < 1.29 is 41.6 Å². The van der Waals surface area contributed by atoms with Crippen LogP contribution >= 0.6 is 7.82 Å². The average Bonchev–Trinajstić information content (AvgIpc) is 2.61. The zero-order chi connectivity index (χ0) is 21.9. The first-order valence-electron chi connectivity index (χ1n) is 8.02. The van der Waals surface area contributed by atoms with Crippen molar-refractivity contribution in [3.8, 4) is 11.5 Å². The maximum absolute atomic E-state index is 12.7. The number of hydrogen-bond acceptors (Lipinski definition) is 5. The minimum absolute atomic E-state index is 0.0132. The van der Waals surface area contributed by atoms with Crippen molar-refractivity contribution in [2.75, 3.05) is 11.9 Å². The number of phosphoric acid groups is 1. The summed E-state index contributed by atoms with van der Waals surface area (Å²) >= 11 is 0. The lowest BCUT2D eigenvalue weighted by Gasteiger charge is -2.23. The summed E-state index contributed by atoms with van der Waals surface area (Å²) in [7, 11) is -4.79. The first-order valence-corrected chi connectivity index (χ1v) is 9.55. The Bertz CT molecular complexity index is 912. The quantitative estimate of drug-likeness (QED) is 0.492. The van der Waals surface area contributed by atoms with E-state index in [1.807, 2.05) is 0 Å². The summed E-state index contributed by atoms with van der Waals surface area (Å²) in [6.07, 6.45) is -4.49. The van der Waals surface area contributed by atoms with Crippen LogP contribution in [0.3, 0.4) is 0 Å². The Morgan fingerprint density at radius 2 is 1.76 bits per heavy atom. The zero-order valence-corrected chi connectivity index (χ0v) is 15.9. The Morgan fingerprint density at radius 3 is 2.31 bits per heavy atom. The minimum Gasteiger partial charge on any atom is -0.457 e. The Hall–Kier alpha value is -2.43. The molecule has 158 valence electrons. The second-order valence-corrected chi connectivity index (χ2v) is 7.53. The van der Waals surface area contributed by atoms with Gasteiger partial charge in [-0.1, -0.05) is 6.07 Å². The number of alkyl halides is 3. The minimum atomic E-state index is -4.79. The third-order valence-corrected chi connectivity index (χ3v) is 4.03. The van der Waals surface area contributed by atoms with Crippen LogP contribution in [0.25, 0.3) is 0 Å². The largest absolute Gasteiger partial charge is 0.469 e. The molecule has 0 unspecified atom stereocenters. The van der Waals surface area contributed by atoms with E-state index < -0.39 is 37.6 Å². The van der Waals surface area contributed by atoms with Gasteiger partial charge in [0.1, 0.15) is 17.0 Å². The Kier molecular flexibility index (Phi) is 6.71. The fourth-order valence-corrected chi connectivity index (χ4v) is 2.47. The van der Waals surface area contributed by atoms with Gasteiger partial charge in [0, 0.05) is 5.69 Å². The number of nitrogens with two attached hydrogens (primary N) is 1. The number of halogens is 3. The number of amides is 1. The summed E-state index contributed by atoms with van der Waals surface area (Å²) in [5, 5.41) is 2.44. The van der Waals surface area contributed by atoms with Gasteiger partial charge in [-0.25, -0.2) is 4.57 Å². The molecule has 0 radical (unpaired) electrons. The van der Waals surface area contributed by atoms with Gasteiger partial charge in [-0.3, -0.25) is 9.32 Å². The van der Waals surface area contributed by atoms with Crippen LogP contribution in [0.5, 0.6) is 11.5 Å². The summed E-state index contributed by atoms with van der Waals surface area (Å²) in [5.74, 6) is -0.555. The molecule has 2 aromatic rings. The molecule has 0 spiro atoms. The number of ether oxygens (including phenoxy) is 1. The highest BCUT2D eigenvalue weighted by Gasteiger charge is 2.32. The molecule has 0 saturated carbocycles. The first-order chi connectivity index (χ1) is 13.3. The van der Waals surface area contributed by atoms with Gasteiger partial charge in [0.15, 0.2) is 0 Å². The molecule has 1 amide bonds. The van der Waals surface area contributed by atoms with Crippen LogP contribution in [0.2, 0.25) is 0 Å². The van der Waals surface area contributed by atoms with Gasteiger partial charge >= 0.3 is 14.0 Å². The zero-order valence-electron chi connectivity index (χ0n) is 15.0. The lowest BCUT2D eigenvalue weighted by Crippen LogP contribution is -2.52. The van der Waals surface area contributed by atoms with E-state index in [0.29, 0.717) is 0 Å². The van der Waals surface area contributed by atoms with E-state index in [2.05, 4.69) is 9.84 Å². The molecule has 12 heteroatoms. The molecule has 0 aliphatic carbocycles. The number of hydrogen-bond donors (Lipinski definition) is 4. The SMILES string of the molecule is C[C@](N)(COP(=O)(O)O)C(=O)Nc1ccc(Oc2cccc(C(F)(F)F)c2)cc1. The number of anilines is 1. The predicted molar refractivity (Wildman–Crippen MR) is 97.2 cm³/mol. The lowest BCUT2D eigenvalue weighted by atomic mass is 10.0. The standard InChI is InChI=1S/C17H18F3N2O6P/c1-16(21,10-27-29(24,25)26)15(23)22-12-5-7-13(8-6-12)28-14-4-2-3-11(9-14)17(18,19)20/h2-9H,10,21H2,1H3,(H,22,23)(H2,24,25,26)/t16-/m0/s1. The molecule has 0 heterocycles.